The maximum Gasteiger partial charge on any atom is 0.134 e. The molecule has 3 heteroatoms. The summed E-state index contributed by atoms with van der Waals surface area (Å²) in [5, 5.41) is 0. The molecule has 0 fully saturated rings. The zero-order valence-corrected chi connectivity index (χ0v) is 8.08. The molecular formula is C10H14N2O. The average Bonchev–Trinajstić information content (AvgIpc) is 2.47. The van der Waals surface area contributed by atoms with Gasteiger partial charge in [0.05, 0.1) is 0 Å². The molecule has 0 spiro atoms. The predicted octanol–water partition coefficient (Wildman–Crippen LogP) is 1.34. The summed E-state index contributed by atoms with van der Waals surface area (Å²) < 4.78 is 2.16. The number of carbonyl (C=O) groups excluding carboxylic acids is 1. The van der Waals surface area contributed by atoms with Crippen molar-refractivity contribution in [1.29, 1.82) is 0 Å². The topological polar surface area (TPSA) is 34.9 Å². The molecule has 1 unspecified atom stereocenters. The van der Waals surface area contributed by atoms with Crippen LogP contribution in [0.25, 0.3) is 0 Å². The Bertz CT molecular complexity index is 341. The van der Waals surface area contributed by atoms with E-state index in [2.05, 4.69) is 9.55 Å². The van der Waals surface area contributed by atoms with Gasteiger partial charge in [0.1, 0.15) is 11.6 Å². The van der Waals surface area contributed by atoms with E-state index in [9.17, 15) is 4.79 Å². The molecule has 1 aliphatic heterocycles. The largest absolute Gasteiger partial charge is 0.332 e. The van der Waals surface area contributed by atoms with Crippen molar-refractivity contribution >= 4 is 5.78 Å². The first-order chi connectivity index (χ1) is 6.18. The van der Waals surface area contributed by atoms with Crippen LogP contribution in [-0.4, -0.2) is 15.3 Å². The quantitative estimate of drug-likeness (QED) is 0.650. The van der Waals surface area contributed by atoms with Crippen LogP contribution >= 0.6 is 0 Å². The first-order valence-electron chi connectivity index (χ1n) is 4.70. The number of carbonyl (C=O) groups is 1. The highest BCUT2D eigenvalue weighted by Gasteiger charge is 2.22. The number of hydrogen-bond donors (Lipinski definition) is 0. The van der Waals surface area contributed by atoms with E-state index < -0.39 is 0 Å². The van der Waals surface area contributed by atoms with Crippen LogP contribution in [-0.2, 0) is 17.8 Å². The fourth-order valence-corrected chi connectivity index (χ4v) is 1.93. The van der Waals surface area contributed by atoms with Crippen LogP contribution in [0.1, 0.15) is 24.9 Å². The lowest BCUT2D eigenvalue weighted by molar-refractivity contribution is -0.121. The molecule has 0 aromatic carbocycles. The van der Waals surface area contributed by atoms with E-state index in [0.717, 1.165) is 25.2 Å². The van der Waals surface area contributed by atoms with E-state index in [1.54, 1.807) is 6.92 Å². The molecule has 2 rings (SSSR count). The van der Waals surface area contributed by atoms with Crippen LogP contribution < -0.4 is 0 Å². The molecule has 1 aliphatic rings. The lowest BCUT2D eigenvalue weighted by Gasteiger charge is -2.22. The second-order valence-electron chi connectivity index (χ2n) is 3.75. The van der Waals surface area contributed by atoms with Gasteiger partial charge in [0.2, 0.25) is 0 Å². The highest BCUT2D eigenvalue weighted by Crippen LogP contribution is 2.21. The number of ketones is 1. The third-order valence-electron chi connectivity index (χ3n) is 2.86. The Labute approximate surface area is 77.8 Å². The molecule has 0 bridgehead atoms. The van der Waals surface area contributed by atoms with Crippen molar-refractivity contribution in [2.45, 2.75) is 33.2 Å². The van der Waals surface area contributed by atoms with Gasteiger partial charge in [-0.3, -0.25) is 4.79 Å². The standard InChI is InChI=1S/C10H14N2O/c1-7(13)9-3-4-10-5-11-8(2)12(10)6-9/h5,9H,3-4,6H2,1-2H3. The van der Waals surface area contributed by atoms with Crippen LogP contribution in [0.5, 0.6) is 0 Å². The second-order valence-corrected chi connectivity index (χ2v) is 3.75. The number of rotatable bonds is 1. The van der Waals surface area contributed by atoms with Crippen LogP contribution in [0, 0.1) is 12.8 Å². The second kappa shape index (κ2) is 2.98. The Morgan fingerprint density at radius 2 is 2.46 bits per heavy atom. The van der Waals surface area contributed by atoms with Gasteiger partial charge in [-0.05, 0) is 26.7 Å². The van der Waals surface area contributed by atoms with E-state index in [4.69, 9.17) is 0 Å². The van der Waals surface area contributed by atoms with Gasteiger partial charge in [0.25, 0.3) is 0 Å². The number of aryl methyl sites for hydroxylation is 2. The molecule has 0 aliphatic carbocycles. The molecule has 0 saturated carbocycles. The fraction of sp³-hybridized carbons (Fsp3) is 0.600. The lowest BCUT2D eigenvalue weighted by atomic mass is 9.95. The minimum Gasteiger partial charge on any atom is -0.332 e. The van der Waals surface area contributed by atoms with Gasteiger partial charge in [-0.25, -0.2) is 4.98 Å². The smallest absolute Gasteiger partial charge is 0.134 e. The van der Waals surface area contributed by atoms with Gasteiger partial charge in [-0.1, -0.05) is 0 Å². The van der Waals surface area contributed by atoms with Crippen LogP contribution in [0.3, 0.4) is 0 Å². The predicted molar refractivity (Wildman–Crippen MR) is 49.5 cm³/mol. The number of nitrogens with zero attached hydrogens (tertiary/aromatic N) is 2. The highest BCUT2D eigenvalue weighted by atomic mass is 16.1. The van der Waals surface area contributed by atoms with Gasteiger partial charge in [0.15, 0.2) is 0 Å². The Kier molecular flexibility index (Phi) is 1.94. The fourth-order valence-electron chi connectivity index (χ4n) is 1.93. The van der Waals surface area contributed by atoms with Crippen molar-refractivity contribution in [1.82, 2.24) is 9.55 Å². The Balaban J connectivity index is 2.27. The number of hydrogen-bond acceptors (Lipinski definition) is 2. The van der Waals surface area contributed by atoms with Gasteiger partial charge >= 0.3 is 0 Å². The van der Waals surface area contributed by atoms with E-state index >= 15 is 0 Å². The molecule has 3 nitrogen and oxygen atoms in total. The molecule has 1 aromatic heterocycles. The summed E-state index contributed by atoms with van der Waals surface area (Å²) in [6.45, 7) is 4.50. The third kappa shape index (κ3) is 1.39. The van der Waals surface area contributed by atoms with E-state index in [1.807, 2.05) is 13.1 Å². The summed E-state index contributed by atoms with van der Waals surface area (Å²) >= 11 is 0. The van der Waals surface area contributed by atoms with E-state index in [0.29, 0.717) is 5.78 Å². The molecule has 1 atom stereocenters. The lowest BCUT2D eigenvalue weighted by Crippen LogP contribution is -2.25. The molecule has 1 aromatic rings. The molecule has 13 heavy (non-hydrogen) atoms. The summed E-state index contributed by atoms with van der Waals surface area (Å²) in [7, 11) is 0. The van der Waals surface area contributed by atoms with E-state index in [-0.39, 0.29) is 5.92 Å². The van der Waals surface area contributed by atoms with Crippen molar-refractivity contribution in [2.75, 3.05) is 0 Å². The zero-order chi connectivity index (χ0) is 9.42. The first kappa shape index (κ1) is 8.48. The minimum absolute atomic E-state index is 0.209. The highest BCUT2D eigenvalue weighted by molar-refractivity contribution is 5.78. The first-order valence-corrected chi connectivity index (χ1v) is 4.70. The molecule has 0 amide bonds. The average molecular weight is 178 g/mol. The minimum atomic E-state index is 0.209. The third-order valence-corrected chi connectivity index (χ3v) is 2.86. The number of aromatic nitrogens is 2. The monoisotopic (exact) mass is 178 g/mol. The number of Topliss-reactive ketones (excluding diaryl/α,β-unsaturated/α-hetero) is 1. The van der Waals surface area contributed by atoms with Gasteiger partial charge in [-0.15, -0.1) is 0 Å². The Morgan fingerprint density at radius 1 is 1.69 bits per heavy atom. The van der Waals surface area contributed by atoms with Gasteiger partial charge < -0.3 is 4.57 Å². The summed E-state index contributed by atoms with van der Waals surface area (Å²) in [5.74, 6) is 1.54. The molecule has 0 N–H and O–H groups in total. The van der Waals surface area contributed by atoms with Crippen molar-refractivity contribution in [3.05, 3.63) is 17.7 Å². The summed E-state index contributed by atoms with van der Waals surface area (Å²) in [5.41, 5.74) is 1.27. The van der Waals surface area contributed by atoms with Crippen molar-refractivity contribution in [2.24, 2.45) is 5.92 Å². The molecule has 0 saturated heterocycles. The van der Waals surface area contributed by atoms with Crippen molar-refractivity contribution in [3.63, 3.8) is 0 Å². The molecule has 2 heterocycles. The van der Waals surface area contributed by atoms with E-state index in [1.165, 1.54) is 5.69 Å². The molecular weight excluding hydrogens is 164 g/mol. The normalized spacial score (nSPS) is 21.2. The Morgan fingerprint density at radius 3 is 3.15 bits per heavy atom. The van der Waals surface area contributed by atoms with Crippen molar-refractivity contribution in [3.8, 4) is 0 Å². The Hall–Kier alpha value is -1.12. The van der Waals surface area contributed by atoms with Crippen LogP contribution in [0.4, 0.5) is 0 Å². The van der Waals surface area contributed by atoms with Crippen molar-refractivity contribution < 1.29 is 4.79 Å². The van der Waals surface area contributed by atoms with Crippen LogP contribution in [0.2, 0.25) is 0 Å². The SMILES string of the molecule is CC(=O)C1CCc2cnc(C)n2C1. The summed E-state index contributed by atoms with van der Waals surface area (Å²) in [6.07, 6.45) is 3.90. The maximum absolute atomic E-state index is 11.2. The van der Waals surface area contributed by atoms with Crippen LogP contribution in [0.15, 0.2) is 6.20 Å². The molecule has 70 valence electrons. The van der Waals surface area contributed by atoms with Gasteiger partial charge in [-0.2, -0.15) is 0 Å². The summed E-state index contributed by atoms with van der Waals surface area (Å²) in [6, 6.07) is 0. The number of fused-ring (bicyclic) bond motifs is 1. The summed E-state index contributed by atoms with van der Waals surface area (Å²) in [4.78, 5) is 15.5. The molecule has 0 radical (unpaired) electrons. The maximum atomic E-state index is 11.2. The number of imidazole rings is 1. The zero-order valence-electron chi connectivity index (χ0n) is 8.08. The van der Waals surface area contributed by atoms with Gasteiger partial charge in [0, 0.05) is 24.4 Å².